The van der Waals surface area contributed by atoms with Crippen LogP contribution in [0.3, 0.4) is 0 Å². The molecule has 3 saturated heterocycles. The van der Waals surface area contributed by atoms with Crippen LogP contribution in [-0.4, -0.2) is 193 Å². The molecule has 0 saturated carbocycles. The maximum absolute atomic E-state index is 13.4. The summed E-state index contributed by atoms with van der Waals surface area (Å²) >= 11 is 0. The summed E-state index contributed by atoms with van der Waals surface area (Å²) < 4.78 is 34.3. The number of rotatable bonds is 55. The van der Waals surface area contributed by atoms with E-state index in [9.17, 15) is 61.0 Å². The van der Waals surface area contributed by atoms with Gasteiger partial charge in [0.1, 0.15) is 73.2 Å². The normalized spacial score (nSPS) is 28.4. The van der Waals surface area contributed by atoms with Crippen molar-refractivity contribution in [3.63, 3.8) is 0 Å². The molecule has 522 valence electrons. The van der Waals surface area contributed by atoms with E-state index in [0.29, 0.717) is 12.8 Å². The zero-order valence-electron chi connectivity index (χ0n) is 55.2. The lowest BCUT2D eigenvalue weighted by Gasteiger charge is -2.48. The number of aliphatic hydroxyl groups excluding tert-OH is 11. The highest BCUT2D eigenvalue weighted by Gasteiger charge is 2.53. The highest BCUT2D eigenvalue weighted by molar-refractivity contribution is 5.76. The minimum Gasteiger partial charge on any atom is -0.394 e. The fourth-order valence-electron chi connectivity index (χ4n) is 12.1. The molecule has 0 aliphatic carbocycles. The number of hydrogen-bond donors (Lipinski definition) is 12. The van der Waals surface area contributed by atoms with Gasteiger partial charge in [-0.15, -0.1) is 0 Å². The summed E-state index contributed by atoms with van der Waals surface area (Å²) in [4.78, 5) is 13.4. The van der Waals surface area contributed by atoms with E-state index in [-0.39, 0.29) is 18.9 Å². The lowest BCUT2D eigenvalue weighted by Crippen LogP contribution is -2.66. The Balaban J connectivity index is 1.39. The van der Waals surface area contributed by atoms with E-state index in [0.717, 1.165) is 38.5 Å². The van der Waals surface area contributed by atoms with Crippen LogP contribution in [0.15, 0.2) is 36.5 Å². The summed E-state index contributed by atoms with van der Waals surface area (Å²) in [6.07, 6.45) is 34.2. The summed E-state index contributed by atoms with van der Waals surface area (Å²) in [5.41, 5.74) is 0. The van der Waals surface area contributed by atoms with Crippen LogP contribution in [0, 0.1) is 0 Å². The van der Waals surface area contributed by atoms with E-state index in [1.807, 2.05) is 6.08 Å². The largest absolute Gasteiger partial charge is 0.394 e. The fourth-order valence-corrected chi connectivity index (χ4v) is 12.1. The Morgan fingerprint density at radius 2 is 0.719 bits per heavy atom. The van der Waals surface area contributed by atoms with Crippen molar-refractivity contribution < 1.29 is 89.4 Å². The molecule has 12 N–H and O–H groups in total. The van der Waals surface area contributed by atoms with Crippen molar-refractivity contribution in [2.24, 2.45) is 0 Å². The minimum atomic E-state index is -1.98. The molecule has 0 spiro atoms. The average Bonchev–Trinajstić information content (AvgIpc) is 2.42. The smallest absolute Gasteiger partial charge is 0.220 e. The van der Waals surface area contributed by atoms with Gasteiger partial charge >= 0.3 is 0 Å². The molecule has 17 atom stereocenters. The Labute approximate surface area is 536 Å². The highest BCUT2D eigenvalue weighted by atomic mass is 16.8. The van der Waals surface area contributed by atoms with Crippen LogP contribution in [0.2, 0.25) is 0 Å². The molecule has 3 aliphatic heterocycles. The van der Waals surface area contributed by atoms with Gasteiger partial charge in [-0.25, -0.2) is 0 Å². The molecule has 1 amide bonds. The third-order valence-corrected chi connectivity index (χ3v) is 17.9. The summed E-state index contributed by atoms with van der Waals surface area (Å²) in [5, 5.41) is 120. The fraction of sp³-hybridized carbons (Fsp3) is 0.900. The lowest BCUT2D eigenvalue weighted by atomic mass is 9.96. The Morgan fingerprint density at radius 3 is 1.12 bits per heavy atom. The molecule has 19 heteroatoms. The molecule has 19 nitrogen and oxygen atoms in total. The van der Waals surface area contributed by atoms with Crippen LogP contribution in [0.5, 0.6) is 0 Å². The zero-order chi connectivity index (χ0) is 64.7. The predicted octanol–water partition coefficient (Wildman–Crippen LogP) is 9.61. The predicted molar refractivity (Wildman–Crippen MR) is 346 cm³/mol. The van der Waals surface area contributed by atoms with Crippen molar-refractivity contribution in [1.29, 1.82) is 0 Å². The van der Waals surface area contributed by atoms with E-state index in [1.54, 1.807) is 6.08 Å². The number of carbonyl (C=O) groups is 1. The molecule has 3 aliphatic rings. The second-order valence-electron chi connectivity index (χ2n) is 25.7. The maximum Gasteiger partial charge on any atom is 0.220 e. The van der Waals surface area contributed by atoms with Gasteiger partial charge in [0.2, 0.25) is 5.91 Å². The van der Waals surface area contributed by atoms with Crippen LogP contribution >= 0.6 is 0 Å². The Kier molecular flexibility index (Phi) is 47.7. The molecule has 0 aromatic rings. The van der Waals surface area contributed by atoms with Crippen LogP contribution in [0.1, 0.15) is 271 Å². The van der Waals surface area contributed by atoms with Crippen molar-refractivity contribution >= 4 is 5.91 Å². The third kappa shape index (κ3) is 34.3. The number of amides is 1. The van der Waals surface area contributed by atoms with E-state index < -0.39 is 124 Å². The van der Waals surface area contributed by atoms with E-state index >= 15 is 0 Å². The number of hydrogen-bond acceptors (Lipinski definition) is 18. The number of unbranched alkanes of at least 4 members (excludes halogenated alkanes) is 35. The van der Waals surface area contributed by atoms with Gasteiger partial charge in [-0.1, -0.05) is 243 Å². The second kappa shape index (κ2) is 52.3. The summed E-state index contributed by atoms with van der Waals surface area (Å²) in [5.74, 6) is -0.282. The SMILES string of the molecule is CCCCCCCCCC/C=C\CCCCCCCCCCCCCCCCCCCC(=O)NC(COC1OC(CO)C(OC2OC(CO)C(OC3OC(CO)C(O)C(O)C3O)C(O)C2O)C(O)C1O)C(O)/C=C/CC/C=C/CCCCCCCCCCC. The van der Waals surface area contributed by atoms with Crippen LogP contribution in [0.25, 0.3) is 0 Å². The number of carbonyl (C=O) groups excluding carboxylic acids is 1. The van der Waals surface area contributed by atoms with Crippen molar-refractivity contribution in [1.82, 2.24) is 5.32 Å². The summed E-state index contributed by atoms with van der Waals surface area (Å²) in [7, 11) is 0. The van der Waals surface area contributed by atoms with Gasteiger partial charge in [0, 0.05) is 6.42 Å². The Hall–Kier alpha value is -1.99. The van der Waals surface area contributed by atoms with E-state index in [1.165, 1.54) is 199 Å². The van der Waals surface area contributed by atoms with E-state index in [2.05, 4.69) is 43.5 Å². The average molecular weight is 1270 g/mol. The number of aliphatic hydroxyl groups is 11. The van der Waals surface area contributed by atoms with Crippen molar-refractivity contribution in [2.45, 2.75) is 375 Å². The van der Waals surface area contributed by atoms with Gasteiger partial charge in [-0.05, 0) is 57.8 Å². The summed E-state index contributed by atoms with van der Waals surface area (Å²) in [6.45, 7) is 1.73. The molecule has 0 bridgehead atoms. The standard InChI is InChI=1S/C70H129NO18/c1-3-5-7-9-11-13-15-17-19-20-21-22-23-24-25-26-27-28-29-30-31-32-34-36-38-40-42-44-46-48-58(76)71-53(54(75)47-45-43-41-39-37-35-33-18-16-14-12-10-8-6-4-2)52-84-68-64(82)61(79)66(56(50-73)86-68)89-70-65(83)62(80)67(57(51-74)87-70)88-69-63(81)60(78)59(77)55(49-72)85-69/h20-21,37,39,45,47,53-57,59-70,72-75,77-83H,3-19,22-36,38,40-44,46,48-52H2,1-2H3,(H,71,76)/b21-20-,39-37+,47-45+. The molecule has 0 aromatic carbocycles. The van der Waals surface area contributed by atoms with Crippen molar-refractivity contribution in [3.8, 4) is 0 Å². The van der Waals surface area contributed by atoms with Gasteiger partial charge in [0.15, 0.2) is 18.9 Å². The molecular weight excluding hydrogens is 1140 g/mol. The number of nitrogens with one attached hydrogen (secondary N) is 1. The third-order valence-electron chi connectivity index (χ3n) is 17.9. The van der Waals surface area contributed by atoms with Crippen LogP contribution in [-0.2, 0) is 33.2 Å². The first kappa shape index (κ1) is 81.2. The van der Waals surface area contributed by atoms with Crippen LogP contribution in [0.4, 0.5) is 0 Å². The molecule has 17 unspecified atom stereocenters. The quantitative estimate of drug-likeness (QED) is 0.0199. The molecule has 3 fully saturated rings. The first-order valence-electron chi connectivity index (χ1n) is 35.7. The molecule has 3 rings (SSSR count). The van der Waals surface area contributed by atoms with E-state index in [4.69, 9.17) is 28.4 Å². The van der Waals surface area contributed by atoms with Gasteiger partial charge in [-0.3, -0.25) is 4.79 Å². The Morgan fingerprint density at radius 1 is 0.393 bits per heavy atom. The van der Waals surface area contributed by atoms with Gasteiger partial charge in [-0.2, -0.15) is 0 Å². The van der Waals surface area contributed by atoms with Crippen LogP contribution < -0.4 is 5.32 Å². The number of ether oxygens (including phenoxy) is 6. The maximum atomic E-state index is 13.4. The molecule has 0 radical (unpaired) electrons. The molecule has 3 heterocycles. The van der Waals surface area contributed by atoms with Crippen molar-refractivity contribution in [2.75, 3.05) is 26.4 Å². The zero-order valence-corrected chi connectivity index (χ0v) is 55.2. The first-order chi connectivity index (χ1) is 43.3. The summed E-state index contributed by atoms with van der Waals surface area (Å²) in [6, 6.07) is -0.988. The topological polar surface area (TPSA) is 307 Å². The van der Waals surface area contributed by atoms with Crippen molar-refractivity contribution in [3.05, 3.63) is 36.5 Å². The molecule has 0 aromatic heterocycles. The van der Waals surface area contributed by atoms with Gasteiger partial charge in [0.05, 0.1) is 38.6 Å². The van der Waals surface area contributed by atoms with Gasteiger partial charge < -0.3 is 89.9 Å². The lowest BCUT2D eigenvalue weighted by molar-refractivity contribution is -0.379. The Bertz CT molecular complexity index is 1760. The highest BCUT2D eigenvalue weighted by Crippen LogP contribution is 2.33. The minimum absolute atomic E-state index is 0.238. The second-order valence-corrected chi connectivity index (χ2v) is 25.7. The first-order valence-corrected chi connectivity index (χ1v) is 35.7. The molecular formula is C70H129NO18. The molecule has 89 heavy (non-hydrogen) atoms. The van der Waals surface area contributed by atoms with Gasteiger partial charge in [0.25, 0.3) is 0 Å². The number of allylic oxidation sites excluding steroid dienone is 5. The monoisotopic (exact) mass is 1270 g/mol.